The molecule has 162 valence electrons. The molecule has 0 fully saturated rings. The SMILES string of the molecule is O=C(Oc1c(Br)cc(Br)cc1C=NNC(=O)C1COc2ccccc2O1)c1ccccc1. The van der Waals surface area contributed by atoms with Gasteiger partial charge in [0, 0.05) is 10.0 Å². The van der Waals surface area contributed by atoms with Crippen molar-refractivity contribution in [2.75, 3.05) is 6.61 Å². The summed E-state index contributed by atoms with van der Waals surface area (Å²) in [5.41, 5.74) is 3.32. The maximum absolute atomic E-state index is 12.5. The summed E-state index contributed by atoms with van der Waals surface area (Å²) in [5, 5.41) is 4.00. The lowest BCUT2D eigenvalue weighted by Gasteiger charge is -2.24. The zero-order valence-electron chi connectivity index (χ0n) is 16.5. The molecule has 1 aliphatic heterocycles. The lowest BCUT2D eigenvalue weighted by molar-refractivity contribution is -0.130. The van der Waals surface area contributed by atoms with Gasteiger partial charge in [0.2, 0.25) is 6.10 Å². The number of ether oxygens (including phenoxy) is 3. The quantitative estimate of drug-likeness (QED) is 0.211. The van der Waals surface area contributed by atoms with Crippen LogP contribution in [0.15, 0.2) is 80.8 Å². The van der Waals surface area contributed by atoms with Crippen molar-refractivity contribution in [2.24, 2.45) is 5.10 Å². The Kier molecular flexibility index (Phi) is 6.87. The van der Waals surface area contributed by atoms with Crippen molar-refractivity contribution in [3.05, 3.63) is 86.8 Å². The van der Waals surface area contributed by atoms with E-state index in [-0.39, 0.29) is 12.4 Å². The van der Waals surface area contributed by atoms with Gasteiger partial charge in [-0.25, -0.2) is 10.2 Å². The average Bonchev–Trinajstić information content (AvgIpc) is 2.81. The van der Waals surface area contributed by atoms with E-state index in [0.717, 1.165) is 4.47 Å². The first-order valence-corrected chi connectivity index (χ1v) is 11.1. The molecule has 0 saturated heterocycles. The van der Waals surface area contributed by atoms with Gasteiger partial charge in [-0.3, -0.25) is 4.79 Å². The number of fused-ring (bicyclic) bond motifs is 1. The molecule has 1 unspecified atom stereocenters. The number of hydrazone groups is 1. The van der Waals surface area contributed by atoms with Crippen LogP contribution in [0.4, 0.5) is 0 Å². The van der Waals surface area contributed by atoms with Crippen molar-refractivity contribution >= 4 is 50.0 Å². The number of carbonyl (C=O) groups is 2. The van der Waals surface area contributed by atoms with Gasteiger partial charge in [0.25, 0.3) is 5.91 Å². The normalized spacial score (nSPS) is 14.8. The number of hydrogen-bond acceptors (Lipinski definition) is 6. The van der Waals surface area contributed by atoms with Crippen molar-refractivity contribution in [1.82, 2.24) is 5.43 Å². The Hall–Kier alpha value is -3.17. The summed E-state index contributed by atoms with van der Waals surface area (Å²) in [7, 11) is 0. The zero-order valence-corrected chi connectivity index (χ0v) is 19.6. The minimum atomic E-state index is -0.841. The highest BCUT2D eigenvalue weighted by Gasteiger charge is 2.27. The summed E-state index contributed by atoms with van der Waals surface area (Å²) >= 11 is 6.81. The number of esters is 1. The molecular formula is C23H16Br2N2O5. The molecule has 1 atom stereocenters. The van der Waals surface area contributed by atoms with Crippen LogP contribution in [0.5, 0.6) is 17.2 Å². The summed E-state index contributed by atoms with van der Waals surface area (Å²) in [6.07, 6.45) is 0.547. The second kappa shape index (κ2) is 9.97. The number of halogens is 2. The molecular weight excluding hydrogens is 544 g/mol. The fourth-order valence-corrected chi connectivity index (χ4v) is 4.24. The minimum Gasteiger partial charge on any atom is -0.485 e. The van der Waals surface area contributed by atoms with Crippen molar-refractivity contribution in [2.45, 2.75) is 6.10 Å². The molecule has 0 aromatic heterocycles. The lowest BCUT2D eigenvalue weighted by Crippen LogP contribution is -2.42. The first-order valence-electron chi connectivity index (χ1n) is 9.49. The molecule has 4 rings (SSSR count). The topological polar surface area (TPSA) is 86.2 Å². The highest BCUT2D eigenvalue weighted by atomic mass is 79.9. The van der Waals surface area contributed by atoms with Crippen molar-refractivity contribution in [3.63, 3.8) is 0 Å². The van der Waals surface area contributed by atoms with Crippen LogP contribution in [-0.4, -0.2) is 30.8 Å². The fourth-order valence-electron chi connectivity index (χ4n) is 2.90. The molecule has 0 spiro atoms. The second-order valence-electron chi connectivity index (χ2n) is 6.66. The monoisotopic (exact) mass is 558 g/mol. The molecule has 3 aromatic rings. The fraction of sp³-hybridized carbons (Fsp3) is 0.0870. The third kappa shape index (κ3) is 5.17. The molecule has 1 amide bonds. The highest BCUT2D eigenvalue weighted by molar-refractivity contribution is 9.11. The number of amides is 1. The number of nitrogens with zero attached hydrogens (tertiary/aromatic N) is 1. The van der Waals surface area contributed by atoms with Gasteiger partial charge in [-0.2, -0.15) is 5.10 Å². The van der Waals surface area contributed by atoms with Crippen LogP contribution in [-0.2, 0) is 4.79 Å². The second-order valence-corrected chi connectivity index (χ2v) is 8.43. The van der Waals surface area contributed by atoms with E-state index < -0.39 is 18.0 Å². The number of benzene rings is 3. The summed E-state index contributed by atoms with van der Waals surface area (Å²) in [5.74, 6) is 0.371. The van der Waals surface area contributed by atoms with Crippen molar-refractivity contribution in [1.29, 1.82) is 0 Å². The van der Waals surface area contributed by atoms with Gasteiger partial charge in [-0.15, -0.1) is 0 Å². The molecule has 7 nitrogen and oxygen atoms in total. The largest absolute Gasteiger partial charge is 0.485 e. The van der Waals surface area contributed by atoms with Crippen LogP contribution >= 0.6 is 31.9 Å². The maximum atomic E-state index is 12.5. The summed E-state index contributed by atoms with van der Waals surface area (Å²) in [6.45, 7) is 0.0702. The summed E-state index contributed by atoms with van der Waals surface area (Å²) < 4.78 is 18.1. The predicted octanol–water partition coefficient (Wildman–Crippen LogP) is 4.72. The Labute approximate surface area is 200 Å². The van der Waals surface area contributed by atoms with E-state index in [4.69, 9.17) is 14.2 Å². The van der Waals surface area contributed by atoms with Gasteiger partial charge < -0.3 is 14.2 Å². The van der Waals surface area contributed by atoms with E-state index in [9.17, 15) is 9.59 Å². The van der Waals surface area contributed by atoms with E-state index in [1.165, 1.54) is 6.21 Å². The lowest BCUT2D eigenvalue weighted by atomic mass is 10.2. The Balaban J connectivity index is 1.46. The van der Waals surface area contributed by atoms with Crippen LogP contribution in [0.2, 0.25) is 0 Å². The van der Waals surface area contributed by atoms with Crippen LogP contribution < -0.4 is 19.6 Å². The zero-order chi connectivity index (χ0) is 22.5. The molecule has 9 heteroatoms. The van der Waals surface area contributed by atoms with Gasteiger partial charge >= 0.3 is 5.97 Å². The number of carbonyl (C=O) groups excluding carboxylic acids is 2. The minimum absolute atomic E-state index is 0.0702. The van der Waals surface area contributed by atoms with Crippen LogP contribution in [0.3, 0.4) is 0 Å². The Bertz CT molecular complexity index is 1180. The maximum Gasteiger partial charge on any atom is 0.343 e. The molecule has 1 N–H and O–H groups in total. The Morgan fingerprint density at radius 2 is 1.75 bits per heavy atom. The van der Waals surface area contributed by atoms with Gasteiger partial charge in [0.15, 0.2) is 17.2 Å². The third-order valence-corrected chi connectivity index (χ3v) is 5.47. The first-order chi connectivity index (χ1) is 15.5. The van der Waals surface area contributed by atoms with Crippen molar-refractivity contribution < 1.29 is 23.8 Å². The smallest absolute Gasteiger partial charge is 0.343 e. The molecule has 32 heavy (non-hydrogen) atoms. The first kappa shape index (κ1) is 22.0. The third-order valence-electron chi connectivity index (χ3n) is 4.42. The molecule has 0 bridgehead atoms. The van der Waals surface area contributed by atoms with E-state index >= 15 is 0 Å². The van der Waals surface area contributed by atoms with E-state index in [1.54, 1.807) is 54.6 Å². The van der Waals surface area contributed by atoms with Gasteiger partial charge in [0.05, 0.1) is 16.3 Å². The molecule has 1 aliphatic rings. The van der Waals surface area contributed by atoms with Gasteiger partial charge in [-0.1, -0.05) is 46.3 Å². The summed E-state index contributed by atoms with van der Waals surface area (Å²) in [4.78, 5) is 24.9. The van der Waals surface area contributed by atoms with Crippen LogP contribution in [0.25, 0.3) is 0 Å². The molecule has 1 heterocycles. The van der Waals surface area contributed by atoms with Crippen LogP contribution in [0, 0.1) is 0 Å². The molecule has 0 radical (unpaired) electrons. The average molecular weight is 560 g/mol. The van der Waals surface area contributed by atoms with Crippen LogP contribution in [0.1, 0.15) is 15.9 Å². The van der Waals surface area contributed by atoms with E-state index in [2.05, 4.69) is 42.4 Å². The number of nitrogens with one attached hydrogen (secondary N) is 1. The number of hydrogen-bond donors (Lipinski definition) is 1. The van der Waals surface area contributed by atoms with Crippen molar-refractivity contribution in [3.8, 4) is 17.2 Å². The Morgan fingerprint density at radius 3 is 2.53 bits per heavy atom. The van der Waals surface area contributed by atoms with Gasteiger partial charge in [0.1, 0.15) is 6.61 Å². The van der Waals surface area contributed by atoms with E-state index in [0.29, 0.717) is 27.1 Å². The Morgan fingerprint density at radius 1 is 1.03 bits per heavy atom. The molecule has 0 aliphatic carbocycles. The standard InChI is InChI=1S/C23H16Br2N2O5/c24-16-10-15(21(17(25)11-16)32-23(29)14-6-2-1-3-7-14)12-26-27-22(28)20-13-30-18-8-4-5-9-19(18)31-20/h1-12,20H,13H2,(H,27,28). The summed E-state index contributed by atoms with van der Waals surface area (Å²) in [6, 6.07) is 19.2. The molecule has 0 saturated carbocycles. The predicted molar refractivity (Wildman–Crippen MR) is 125 cm³/mol. The van der Waals surface area contributed by atoms with E-state index in [1.807, 2.05) is 12.1 Å². The number of rotatable bonds is 5. The van der Waals surface area contributed by atoms with Gasteiger partial charge in [-0.05, 0) is 52.3 Å². The molecule has 3 aromatic carbocycles. The number of para-hydroxylation sites is 2. The highest BCUT2D eigenvalue weighted by Crippen LogP contribution is 2.33.